The van der Waals surface area contributed by atoms with E-state index in [4.69, 9.17) is 0 Å². The van der Waals surface area contributed by atoms with Crippen LogP contribution in [0.25, 0.3) is 0 Å². The molecule has 0 bridgehead atoms. The maximum Gasteiger partial charge on any atom is 0.225 e. The predicted octanol–water partition coefficient (Wildman–Crippen LogP) is 1.08. The summed E-state index contributed by atoms with van der Waals surface area (Å²) in [5, 5.41) is 2.77. The largest absolute Gasteiger partial charge is 0.352 e. The zero-order valence-corrected chi connectivity index (χ0v) is 10.2. The lowest BCUT2D eigenvalue weighted by Crippen LogP contribution is -2.37. The van der Waals surface area contributed by atoms with Crippen LogP contribution in [-0.2, 0) is 9.59 Å². The van der Waals surface area contributed by atoms with Crippen molar-refractivity contribution in [3.63, 3.8) is 0 Å². The molecule has 1 saturated heterocycles. The second-order valence-electron chi connectivity index (χ2n) is 4.92. The highest BCUT2D eigenvalue weighted by atomic mass is 16.2. The molecule has 1 N–H and O–H groups in total. The van der Waals surface area contributed by atoms with Crippen LogP contribution in [0.2, 0.25) is 0 Å². The van der Waals surface area contributed by atoms with Gasteiger partial charge in [-0.25, -0.2) is 0 Å². The predicted molar refractivity (Wildman–Crippen MR) is 65.3 cm³/mol. The van der Waals surface area contributed by atoms with Crippen molar-refractivity contribution in [1.82, 2.24) is 10.2 Å². The lowest BCUT2D eigenvalue weighted by Gasteiger charge is -2.23. The molecule has 1 saturated carbocycles. The SMILES string of the molecule is C=CCNC(=O)C1CC(=O)N(C2CCCC2)C1. The van der Waals surface area contributed by atoms with Crippen LogP contribution in [0.3, 0.4) is 0 Å². The average Bonchev–Trinajstić information content (AvgIpc) is 2.94. The molecule has 17 heavy (non-hydrogen) atoms. The molecule has 94 valence electrons. The van der Waals surface area contributed by atoms with Crippen LogP contribution in [0.15, 0.2) is 12.7 Å². The monoisotopic (exact) mass is 236 g/mol. The molecule has 1 atom stereocenters. The van der Waals surface area contributed by atoms with Gasteiger partial charge < -0.3 is 10.2 Å². The molecule has 2 aliphatic rings. The van der Waals surface area contributed by atoms with E-state index in [1.165, 1.54) is 12.8 Å². The highest BCUT2D eigenvalue weighted by molar-refractivity contribution is 5.89. The Morgan fingerprint density at radius 3 is 2.82 bits per heavy atom. The van der Waals surface area contributed by atoms with Crippen molar-refractivity contribution in [2.45, 2.75) is 38.1 Å². The summed E-state index contributed by atoms with van der Waals surface area (Å²) in [5.74, 6) is -0.0301. The first-order valence-corrected chi connectivity index (χ1v) is 6.40. The third-order valence-corrected chi connectivity index (χ3v) is 3.72. The van der Waals surface area contributed by atoms with Gasteiger partial charge in [-0.2, -0.15) is 0 Å². The minimum absolute atomic E-state index is 0.0150. The normalized spacial score (nSPS) is 25.3. The summed E-state index contributed by atoms with van der Waals surface area (Å²) in [4.78, 5) is 25.6. The van der Waals surface area contributed by atoms with E-state index in [1.807, 2.05) is 4.90 Å². The molecule has 4 nitrogen and oxygen atoms in total. The Hall–Kier alpha value is -1.32. The van der Waals surface area contributed by atoms with Gasteiger partial charge in [0.05, 0.1) is 5.92 Å². The molecule has 0 aromatic heterocycles. The van der Waals surface area contributed by atoms with Crippen molar-refractivity contribution in [3.05, 3.63) is 12.7 Å². The van der Waals surface area contributed by atoms with Crippen molar-refractivity contribution in [2.24, 2.45) is 5.92 Å². The first-order chi connectivity index (χ1) is 8.22. The number of hydrogen-bond donors (Lipinski definition) is 1. The molecule has 0 aromatic rings. The molecule has 2 rings (SSSR count). The van der Waals surface area contributed by atoms with E-state index in [2.05, 4.69) is 11.9 Å². The molecular weight excluding hydrogens is 216 g/mol. The third kappa shape index (κ3) is 2.68. The van der Waals surface area contributed by atoms with Gasteiger partial charge in [-0.05, 0) is 12.8 Å². The number of carbonyl (C=O) groups is 2. The third-order valence-electron chi connectivity index (χ3n) is 3.72. The summed E-state index contributed by atoms with van der Waals surface area (Å²) in [6, 6.07) is 0.389. The van der Waals surface area contributed by atoms with Crippen LogP contribution in [0.4, 0.5) is 0 Å². The Labute approximate surface area is 102 Å². The molecule has 0 radical (unpaired) electrons. The minimum Gasteiger partial charge on any atom is -0.352 e. The van der Waals surface area contributed by atoms with Crippen LogP contribution in [0, 0.1) is 5.92 Å². The Morgan fingerprint density at radius 2 is 2.18 bits per heavy atom. The highest BCUT2D eigenvalue weighted by Crippen LogP contribution is 2.29. The second-order valence-corrected chi connectivity index (χ2v) is 4.92. The maximum atomic E-state index is 11.9. The summed E-state index contributed by atoms with van der Waals surface area (Å²) < 4.78 is 0. The second kappa shape index (κ2) is 5.34. The number of carbonyl (C=O) groups excluding carboxylic acids is 2. The summed E-state index contributed by atoms with van der Waals surface area (Å²) in [7, 11) is 0. The molecule has 0 aromatic carbocycles. The van der Waals surface area contributed by atoms with Gasteiger partial charge in [-0.15, -0.1) is 6.58 Å². The van der Waals surface area contributed by atoms with Crippen molar-refractivity contribution in [2.75, 3.05) is 13.1 Å². The summed E-state index contributed by atoms with van der Waals surface area (Å²) in [6.45, 7) is 4.64. The van der Waals surface area contributed by atoms with Crippen molar-refractivity contribution in [1.29, 1.82) is 0 Å². The number of nitrogens with zero attached hydrogens (tertiary/aromatic N) is 1. The zero-order valence-electron chi connectivity index (χ0n) is 10.2. The lowest BCUT2D eigenvalue weighted by atomic mass is 10.1. The van der Waals surface area contributed by atoms with Gasteiger partial charge in [-0.1, -0.05) is 18.9 Å². The Balaban J connectivity index is 1.89. The fraction of sp³-hybridized carbons (Fsp3) is 0.692. The van der Waals surface area contributed by atoms with Crippen LogP contribution in [-0.4, -0.2) is 35.8 Å². The quantitative estimate of drug-likeness (QED) is 0.743. The van der Waals surface area contributed by atoms with E-state index < -0.39 is 0 Å². The van der Waals surface area contributed by atoms with Crippen LogP contribution < -0.4 is 5.32 Å². The van der Waals surface area contributed by atoms with Crippen molar-refractivity contribution < 1.29 is 9.59 Å². The van der Waals surface area contributed by atoms with Crippen molar-refractivity contribution >= 4 is 11.8 Å². The number of hydrogen-bond acceptors (Lipinski definition) is 2. The average molecular weight is 236 g/mol. The first kappa shape index (κ1) is 12.1. The Bertz CT molecular complexity index is 321. The van der Waals surface area contributed by atoms with E-state index in [9.17, 15) is 9.59 Å². The van der Waals surface area contributed by atoms with Gasteiger partial charge in [-0.3, -0.25) is 9.59 Å². The van der Waals surface area contributed by atoms with Gasteiger partial charge in [0.25, 0.3) is 0 Å². The fourth-order valence-corrected chi connectivity index (χ4v) is 2.79. The van der Waals surface area contributed by atoms with Crippen LogP contribution >= 0.6 is 0 Å². The van der Waals surface area contributed by atoms with Crippen molar-refractivity contribution in [3.8, 4) is 0 Å². The van der Waals surface area contributed by atoms with E-state index in [0.717, 1.165) is 12.8 Å². The fourth-order valence-electron chi connectivity index (χ4n) is 2.79. The number of amides is 2. The minimum atomic E-state index is -0.164. The lowest BCUT2D eigenvalue weighted by molar-refractivity contribution is -0.130. The molecule has 2 fully saturated rings. The topological polar surface area (TPSA) is 49.4 Å². The van der Waals surface area contributed by atoms with Gasteiger partial charge in [0, 0.05) is 25.6 Å². The molecule has 1 unspecified atom stereocenters. The molecule has 4 heteroatoms. The Kier molecular flexibility index (Phi) is 3.82. The molecule has 1 aliphatic carbocycles. The van der Waals surface area contributed by atoms with Gasteiger partial charge in [0.2, 0.25) is 11.8 Å². The Morgan fingerprint density at radius 1 is 1.47 bits per heavy atom. The maximum absolute atomic E-state index is 11.9. The molecule has 0 spiro atoms. The molecule has 2 amide bonds. The number of rotatable bonds is 4. The molecule has 1 heterocycles. The molecular formula is C13H20N2O2. The smallest absolute Gasteiger partial charge is 0.225 e. The number of nitrogens with one attached hydrogen (secondary N) is 1. The van der Waals surface area contributed by atoms with Crippen LogP contribution in [0.5, 0.6) is 0 Å². The van der Waals surface area contributed by atoms with E-state index in [1.54, 1.807) is 6.08 Å². The zero-order chi connectivity index (χ0) is 12.3. The van der Waals surface area contributed by atoms with E-state index in [0.29, 0.717) is 25.6 Å². The van der Waals surface area contributed by atoms with E-state index in [-0.39, 0.29) is 17.7 Å². The van der Waals surface area contributed by atoms with E-state index >= 15 is 0 Å². The van der Waals surface area contributed by atoms with Gasteiger partial charge in [0.1, 0.15) is 0 Å². The standard InChI is InChI=1S/C13H20N2O2/c1-2-7-14-13(17)10-8-12(16)15(9-10)11-5-3-4-6-11/h2,10-11H,1,3-9H2,(H,14,17). The first-order valence-electron chi connectivity index (χ1n) is 6.40. The van der Waals surface area contributed by atoms with Gasteiger partial charge >= 0.3 is 0 Å². The summed E-state index contributed by atoms with van der Waals surface area (Å²) in [5.41, 5.74) is 0. The number of likely N-dealkylation sites (tertiary alicyclic amines) is 1. The summed E-state index contributed by atoms with van der Waals surface area (Å²) >= 11 is 0. The highest BCUT2D eigenvalue weighted by Gasteiger charge is 2.38. The van der Waals surface area contributed by atoms with Crippen LogP contribution in [0.1, 0.15) is 32.1 Å². The van der Waals surface area contributed by atoms with Gasteiger partial charge in [0.15, 0.2) is 0 Å². The molecule has 1 aliphatic heterocycles. The summed E-state index contributed by atoms with van der Waals surface area (Å²) in [6.07, 6.45) is 6.66.